The highest BCUT2D eigenvalue weighted by molar-refractivity contribution is 14.1. The van der Waals surface area contributed by atoms with Gasteiger partial charge in [0.2, 0.25) is 5.91 Å². The van der Waals surface area contributed by atoms with Crippen LogP contribution in [0.3, 0.4) is 0 Å². The summed E-state index contributed by atoms with van der Waals surface area (Å²) in [5.74, 6) is -2.51. The number of carbonyl (C=O) groups excluding carboxylic acids is 2. The highest BCUT2D eigenvalue weighted by atomic mass is 127. The van der Waals surface area contributed by atoms with Crippen LogP contribution in [0.5, 0.6) is 0 Å². The van der Waals surface area contributed by atoms with Crippen molar-refractivity contribution in [1.82, 2.24) is 26.1 Å². The van der Waals surface area contributed by atoms with E-state index in [9.17, 15) is 37.1 Å². The Kier molecular flexibility index (Phi) is 8.75. The fourth-order valence-corrected chi connectivity index (χ4v) is 4.65. The van der Waals surface area contributed by atoms with Crippen LogP contribution in [0.4, 0.5) is 23.2 Å². The molecule has 0 aliphatic carbocycles. The molecule has 212 valence electrons. The van der Waals surface area contributed by atoms with Gasteiger partial charge in [-0.2, -0.15) is 18.3 Å². The minimum Gasteiger partial charge on any atom is -0.481 e. The first kappa shape index (κ1) is 29.0. The van der Waals surface area contributed by atoms with Crippen LogP contribution >= 0.6 is 22.6 Å². The molecule has 16 heteroatoms. The van der Waals surface area contributed by atoms with Crippen molar-refractivity contribution in [3.63, 3.8) is 0 Å². The molecule has 4 rings (SSSR count). The Morgan fingerprint density at radius 2 is 1.95 bits per heavy atom. The number of nitrogens with zero attached hydrogens (tertiary/aromatic N) is 2. The van der Waals surface area contributed by atoms with Gasteiger partial charge in [-0.15, -0.1) is 0 Å². The number of benzene rings is 2. The first-order chi connectivity index (χ1) is 18.9. The summed E-state index contributed by atoms with van der Waals surface area (Å²) in [6.45, 7) is -0.538. The molecule has 0 spiro atoms. The van der Waals surface area contributed by atoms with Crippen LogP contribution in [0.15, 0.2) is 41.5 Å². The number of hydrogen-bond acceptors (Lipinski definition) is 7. The number of amides is 2. The molecule has 0 saturated carbocycles. The highest BCUT2D eigenvalue weighted by Gasteiger charge is 2.32. The molecule has 1 aliphatic heterocycles. The third kappa shape index (κ3) is 7.36. The van der Waals surface area contributed by atoms with Gasteiger partial charge in [-0.25, -0.2) is 9.38 Å². The number of hydrogen-bond donors (Lipinski definition) is 6. The summed E-state index contributed by atoms with van der Waals surface area (Å²) in [5, 5.41) is 26.9. The number of aromatic amines is 1. The van der Waals surface area contributed by atoms with Gasteiger partial charge in [0.25, 0.3) is 5.91 Å². The van der Waals surface area contributed by atoms with E-state index in [4.69, 9.17) is 0 Å². The van der Waals surface area contributed by atoms with E-state index in [1.807, 2.05) is 0 Å². The van der Waals surface area contributed by atoms with Crippen LogP contribution in [-0.4, -0.2) is 64.9 Å². The fraction of sp³-hybridized carbons (Fsp3) is 0.292. The second-order valence-corrected chi connectivity index (χ2v) is 10.1. The van der Waals surface area contributed by atoms with Crippen molar-refractivity contribution in [1.29, 1.82) is 0 Å². The van der Waals surface area contributed by atoms with E-state index in [0.29, 0.717) is 22.5 Å². The second-order valence-electron chi connectivity index (χ2n) is 8.82. The maximum atomic E-state index is 13.3. The topological polar surface area (TPSA) is 161 Å². The summed E-state index contributed by atoms with van der Waals surface area (Å²) in [6, 6.07) is 4.88. The molecule has 40 heavy (non-hydrogen) atoms. The predicted molar refractivity (Wildman–Crippen MR) is 145 cm³/mol. The van der Waals surface area contributed by atoms with Crippen molar-refractivity contribution in [3.8, 4) is 0 Å². The van der Waals surface area contributed by atoms with Gasteiger partial charge < -0.3 is 26.4 Å². The van der Waals surface area contributed by atoms with Crippen molar-refractivity contribution in [2.45, 2.75) is 24.8 Å². The standard InChI is InChI=1S/C24H22F4IN7O4/c25-13-7-31-23(32-8-13)34-15-4-16(17-9-33-36-19(17)5-15)22(40)30-10-20(37)35-18(6-21(38)39)11-1-12(24(26,27)28)3-14(29)2-11/h1-5,9,13,18H,6-8,10H2,(H,30,40)(H,33,36)(H,35,37)(H,38,39)(H2,31,32,34)/t18-/m0/s1. The number of halogens is 5. The van der Waals surface area contributed by atoms with E-state index >= 15 is 0 Å². The van der Waals surface area contributed by atoms with Gasteiger partial charge >= 0.3 is 12.1 Å². The lowest BCUT2D eigenvalue weighted by atomic mass is 10.0. The molecule has 2 heterocycles. The van der Waals surface area contributed by atoms with Gasteiger partial charge in [-0.3, -0.25) is 19.5 Å². The number of fused-ring (bicyclic) bond motifs is 1. The number of aliphatic carboxylic acids is 1. The van der Waals surface area contributed by atoms with Crippen LogP contribution in [0, 0.1) is 3.57 Å². The zero-order valence-electron chi connectivity index (χ0n) is 20.4. The van der Waals surface area contributed by atoms with Crippen LogP contribution < -0.4 is 21.3 Å². The Labute approximate surface area is 237 Å². The van der Waals surface area contributed by atoms with Crippen molar-refractivity contribution in [2.24, 2.45) is 4.99 Å². The SMILES string of the molecule is O=C(O)C[C@H](NC(=O)CNC(=O)c1cc(NC2=NCC(F)CN2)cc2[nH]ncc12)c1cc(I)cc(C(F)(F)F)c1. The Morgan fingerprint density at radius 1 is 1.18 bits per heavy atom. The van der Waals surface area contributed by atoms with Gasteiger partial charge in [-0.05, 0) is 58.5 Å². The fourth-order valence-electron chi connectivity index (χ4n) is 3.96. The van der Waals surface area contributed by atoms with Crippen LogP contribution in [0.1, 0.15) is 33.9 Å². The number of carboxylic acids is 1. The lowest BCUT2D eigenvalue weighted by Gasteiger charge is -2.20. The largest absolute Gasteiger partial charge is 0.481 e. The van der Waals surface area contributed by atoms with E-state index in [-0.39, 0.29) is 27.8 Å². The third-order valence-electron chi connectivity index (χ3n) is 5.78. The zero-order chi connectivity index (χ0) is 29.0. The molecule has 11 nitrogen and oxygen atoms in total. The lowest BCUT2D eigenvalue weighted by Crippen LogP contribution is -2.41. The molecular weight excluding hydrogens is 653 g/mol. The number of alkyl halides is 4. The van der Waals surface area contributed by atoms with E-state index in [2.05, 4.69) is 36.5 Å². The molecule has 1 aromatic heterocycles. The Bertz CT molecular complexity index is 1480. The highest BCUT2D eigenvalue weighted by Crippen LogP contribution is 2.33. The second kappa shape index (κ2) is 12.1. The zero-order valence-corrected chi connectivity index (χ0v) is 22.6. The number of H-pyrrole nitrogens is 1. The number of carbonyl (C=O) groups is 3. The van der Waals surface area contributed by atoms with Crippen molar-refractivity contribution in [3.05, 3.63) is 56.8 Å². The summed E-state index contributed by atoms with van der Waals surface area (Å²) < 4.78 is 53.4. The van der Waals surface area contributed by atoms with Gasteiger partial charge in [0.1, 0.15) is 6.17 Å². The summed E-state index contributed by atoms with van der Waals surface area (Å²) in [6.07, 6.45) is -5.04. The molecular formula is C24H22F4IN7O4. The normalized spacial score (nSPS) is 16.0. The number of guanidine groups is 1. The average Bonchev–Trinajstić information content (AvgIpc) is 3.35. The third-order valence-corrected chi connectivity index (χ3v) is 6.40. The Morgan fingerprint density at radius 3 is 2.62 bits per heavy atom. The molecule has 0 bridgehead atoms. The van der Waals surface area contributed by atoms with Crippen LogP contribution in [0.2, 0.25) is 0 Å². The lowest BCUT2D eigenvalue weighted by molar-refractivity contribution is -0.138. The molecule has 0 radical (unpaired) electrons. The predicted octanol–water partition coefficient (Wildman–Crippen LogP) is 2.96. The summed E-state index contributed by atoms with van der Waals surface area (Å²) in [5.41, 5.74) is 0.0221. The van der Waals surface area contributed by atoms with Gasteiger partial charge in [-0.1, -0.05) is 0 Å². The number of aliphatic imine (C=N–C) groups is 1. The number of carboxylic acid groups (broad SMARTS) is 1. The number of rotatable bonds is 8. The van der Waals surface area contributed by atoms with E-state index in [1.165, 1.54) is 18.3 Å². The molecule has 1 aliphatic rings. The summed E-state index contributed by atoms with van der Waals surface area (Å²) in [7, 11) is 0. The van der Waals surface area contributed by atoms with Crippen molar-refractivity contribution >= 4 is 62.9 Å². The summed E-state index contributed by atoms with van der Waals surface area (Å²) in [4.78, 5) is 41.1. The molecule has 1 unspecified atom stereocenters. The maximum absolute atomic E-state index is 13.3. The van der Waals surface area contributed by atoms with E-state index < -0.39 is 54.7 Å². The molecule has 6 N–H and O–H groups in total. The van der Waals surface area contributed by atoms with Crippen LogP contribution in [0.25, 0.3) is 10.9 Å². The first-order valence-electron chi connectivity index (χ1n) is 11.7. The first-order valence-corrected chi connectivity index (χ1v) is 12.8. The molecule has 0 saturated heterocycles. The maximum Gasteiger partial charge on any atom is 0.416 e. The van der Waals surface area contributed by atoms with Crippen LogP contribution in [-0.2, 0) is 15.8 Å². The summed E-state index contributed by atoms with van der Waals surface area (Å²) >= 11 is 1.67. The van der Waals surface area contributed by atoms with Crippen molar-refractivity contribution < 1.29 is 37.1 Å². The minimum absolute atomic E-state index is 0.0212. The number of aromatic nitrogens is 2. The minimum atomic E-state index is -4.67. The van der Waals surface area contributed by atoms with Gasteiger partial charge in [0, 0.05) is 14.6 Å². The molecule has 0 fully saturated rings. The molecule has 2 atom stereocenters. The number of nitrogens with one attached hydrogen (secondary N) is 5. The smallest absolute Gasteiger partial charge is 0.416 e. The molecule has 2 amide bonds. The van der Waals surface area contributed by atoms with Crippen molar-refractivity contribution in [2.75, 3.05) is 25.0 Å². The quantitative estimate of drug-likeness (QED) is 0.158. The number of anilines is 1. The average molecular weight is 675 g/mol. The Balaban J connectivity index is 1.47. The van der Waals surface area contributed by atoms with Gasteiger partial charge in [0.05, 0.1) is 54.9 Å². The monoisotopic (exact) mass is 675 g/mol. The molecule has 3 aromatic rings. The van der Waals surface area contributed by atoms with Gasteiger partial charge in [0.15, 0.2) is 5.96 Å². The Hall–Kier alpha value is -3.96. The van der Waals surface area contributed by atoms with E-state index in [0.717, 1.165) is 12.1 Å². The van der Waals surface area contributed by atoms with E-state index in [1.54, 1.807) is 28.7 Å². The molecule has 2 aromatic carbocycles.